The first-order chi connectivity index (χ1) is 9.31. The van der Waals surface area contributed by atoms with Crippen LogP contribution in [0.15, 0.2) is 18.2 Å². The van der Waals surface area contributed by atoms with Crippen molar-refractivity contribution in [2.75, 3.05) is 26.3 Å². The second-order valence-electron chi connectivity index (χ2n) is 4.86. The van der Waals surface area contributed by atoms with Gasteiger partial charge in [0.15, 0.2) is 11.5 Å². The van der Waals surface area contributed by atoms with Crippen molar-refractivity contribution >= 4 is 5.91 Å². The van der Waals surface area contributed by atoms with Crippen LogP contribution in [0.5, 0.6) is 11.5 Å². The minimum absolute atomic E-state index is 0.00435. The van der Waals surface area contributed by atoms with E-state index in [9.17, 15) is 4.79 Å². The lowest BCUT2D eigenvalue weighted by molar-refractivity contribution is 0.0730. The van der Waals surface area contributed by atoms with E-state index in [1.807, 2.05) is 17.0 Å². The van der Waals surface area contributed by atoms with E-state index in [0.29, 0.717) is 36.8 Å². The van der Waals surface area contributed by atoms with Crippen molar-refractivity contribution in [3.05, 3.63) is 23.8 Å². The number of nitrogens with two attached hydrogens (primary N) is 1. The molecule has 2 heterocycles. The fourth-order valence-electron chi connectivity index (χ4n) is 2.74. The molecule has 2 N–H and O–H groups in total. The fraction of sp³-hybridized carbons (Fsp3) is 0.500. The van der Waals surface area contributed by atoms with Gasteiger partial charge in [0.25, 0.3) is 5.91 Å². The van der Waals surface area contributed by atoms with Gasteiger partial charge in [0, 0.05) is 19.1 Å². The number of para-hydroxylation sites is 1. The molecule has 0 aliphatic carbocycles. The molecular formula is C14H18N2O3. The molecule has 1 aromatic rings. The third kappa shape index (κ3) is 2.14. The molecule has 1 aromatic carbocycles. The van der Waals surface area contributed by atoms with Gasteiger partial charge in [-0.1, -0.05) is 6.07 Å². The maximum atomic E-state index is 12.6. The summed E-state index contributed by atoms with van der Waals surface area (Å²) in [5, 5.41) is 0. The summed E-state index contributed by atoms with van der Waals surface area (Å²) in [4.78, 5) is 14.5. The number of rotatable bonds is 2. The third-order valence-corrected chi connectivity index (χ3v) is 3.71. The number of fused-ring (bicyclic) bond motifs is 1. The fourth-order valence-corrected chi connectivity index (χ4v) is 2.74. The Morgan fingerprint density at radius 1 is 1.37 bits per heavy atom. The van der Waals surface area contributed by atoms with Gasteiger partial charge in [-0.3, -0.25) is 4.79 Å². The summed E-state index contributed by atoms with van der Waals surface area (Å²) in [5.74, 6) is 1.22. The molecule has 0 spiro atoms. The Balaban J connectivity index is 1.91. The number of likely N-dealkylation sites (tertiary alicyclic amines) is 1. The van der Waals surface area contributed by atoms with Crippen LogP contribution in [0, 0.1) is 0 Å². The van der Waals surface area contributed by atoms with Crippen LogP contribution in [-0.2, 0) is 0 Å². The first-order valence-electron chi connectivity index (χ1n) is 6.71. The van der Waals surface area contributed by atoms with Crippen molar-refractivity contribution in [1.29, 1.82) is 0 Å². The van der Waals surface area contributed by atoms with Crippen LogP contribution in [0.3, 0.4) is 0 Å². The standard InChI is InChI=1S/C14H18N2O3/c15-9-10-3-2-6-16(10)14(17)11-4-1-5-12-13(11)19-8-7-18-12/h1,4-5,10H,2-3,6-9,15H2/t10-/m1/s1. The molecule has 0 unspecified atom stereocenters. The highest BCUT2D eigenvalue weighted by molar-refractivity contribution is 5.98. The minimum atomic E-state index is -0.00435. The summed E-state index contributed by atoms with van der Waals surface area (Å²) in [6.45, 7) is 2.29. The molecule has 1 fully saturated rings. The van der Waals surface area contributed by atoms with E-state index >= 15 is 0 Å². The Morgan fingerprint density at radius 2 is 2.21 bits per heavy atom. The number of hydrogen-bond donors (Lipinski definition) is 1. The quantitative estimate of drug-likeness (QED) is 0.864. The summed E-state index contributed by atoms with van der Waals surface area (Å²) in [7, 11) is 0. The number of amides is 1. The highest BCUT2D eigenvalue weighted by Gasteiger charge is 2.31. The monoisotopic (exact) mass is 262 g/mol. The summed E-state index contributed by atoms with van der Waals surface area (Å²) in [6.07, 6.45) is 1.99. The zero-order valence-corrected chi connectivity index (χ0v) is 10.8. The first kappa shape index (κ1) is 12.3. The molecule has 3 rings (SSSR count). The van der Waals surface area contributed by atoms with Gasteiger partial charge in [0.2, 0.25) is 0 Å². The van der Waals surface area contributed by atoms with Gasteiger partial charge in [0.05, 0.1) is 5.56 Å². The van der Waals surface area contributed by atoms with E-state index in [4.69, 9.17) is 15.2 Å². The topological polar surface area (TPSA) is 64.8 Å². The molecule has 19 heavy (non-hydrogen) atoms. The van der Waals surface area contributed by atoms with Crippen LogP contribution >= 0.6 is 0 Å². The molecule has 2 aliphatic rings. The average molecular weight is 262 g/mol. The second-order valence-corrected chi connectivity index (χ2v) is 4.86. The van der Waals surface area contributed by atoms with Crippen molar-refractivity contribution in [2.45, 2.75) is 18.9 Å². The Morgan fingerprint density at radius 3 is 3.05 bits per heavy atom. The van der Waals surface area contributed by atoms with E-state index < -0.39 is 0 Å². The number of carbonyl (C=O) groups excluding carboxylic acids is 1. The maximum Gasteiger partial charge on any atom is 0.258 e. The Hall–Kier alpha value is -1.75. The lowest BCUT2D eigenvalue weighted by Gasteiger charge is -2.26. The van der Waals surface area contributed by atoms with Crippen LogP contribution in [-0.4, -0.2) is 43.2 Å². The SMILES string of the molecule is NC[C@H]1CCCN1C(=O)c1cccc2c1OCCO2. The second kappa shape index (κ2) is 5.09. The molecule has 5 nitrogen and oxygen atoms in total. The van der Waals surface area contributed by atoms with Gasteiger partial charge in [0.1, 0.15) is 13.2 Å². The van der Waals surface area contributed by atoms with E-state index in [1.165, 1.54) is 0 Å². The van der Waals surface area contributed by atoms with Gasteiger partial charge in [-0.05, 0) is 25.0 Å². The average Bonchev–Trinajstić information content (AvgIpc) is 2.94. The van der Waals surface area contributed by atoms with Crippen LogP contribution < -0.4 is 15.2 Å². The summed E-state index contributed by atoms with van der Waals surface area (Å²) >= 11 is 0. The van der Waals surface area contributed by atoms with Gasteiger partial charge >= 0.3 is 0 Å². The molecule has 102 valence electrons. The molecule has 0 saturated carbocycles. The molecular weight excluding hydrogens is 244 g/mol. The Bertz CT molecular complexity index is 490. The number of hydrogen-bond acceptors (Lipinski definition) is 4. The van der Waals surface area contributed by atoms with E-state index in [2.05, 4.69) is 0 Å². The van der Waals surface area contributed by atoms with Gasteiger partial charge in [-0.25, -0.2) is 0 Å². The molecule has 1 amide bonds. The highest BCUT2D eigenvalue weighted by Crippen LogP contribution is 2.35. The molecule has 5 heteroatoms. The number of benzene rings is 1. The predicted octanol–water partition coefficient (Wildman–Crippen LogP) is 1.02. The van der Waals surface area contributed by atoms with Crippen molar-refractivity contribution in [2.24, 2.45) is 5.73 Å². The van der Waals surface area contributed by atoms with Crippen LogP contribution in [0.1, 0.15) is 23.2 Å². The summed E-state index contributed by atoms with van der Waals surface area (Å²) < 4.78 is 11.1. The zero-order valence-electron chi connectivity index (χ0n) is 10.8. The molecule has 1 atom stereocenters. The Labute approximate surface area is 112 Å². The lowest BCUT2D eigenvalue weighted by Crippen LogP contribution is -2.40. The summed E-state index contributed by atoms with van der Waals surface area (Å²) in [6, 6.07) is 5.60. The number of nitrogens with zero attached hydrogens (tertiary/aromatic N) is 1. The number of ether oxygens (including phenoxy) is 2. The van der Waals surface area contributed by atoms with Crippen molar-refractivity contribution < 1.29 is 14.3 Å². The zero-order chi connectivity index (χ0) is 13.2. The molecule has 2 aliphatic heterocycles. The van der Waals surface area contributed by atoms with E-state index in [1.54, 1.807) is 6.07 Å². The molecule has 0 bridgehead atoms. The molecule has 0 radical (unpaired) electrons. The van der Waals surface area contributed by atoms with Gasteiger partial charge in [-0.2, -0.15) is 0 Å². The normalized spacial score (nSPS) is 21.5. The molecule has 0 aromatic heterocycles. The summed E-state index contributed by atoms with van der Waals surface area (Å²) in [5.41, 5.74) is 6.31. The van der Waals surface area contributed by atoms with Crippen LogP contribution in [0.2, 0.25) is 0 Å². The number of carbonyl (C=O) groups is 1. The van der Waals surface area contributed by atoms with Gasteiger partial charge in [-0.15, -0.1) is 0 Å². The minimum Gasteiger partial charge on any atom is -0.486 e. The van der Waals surface area contributed by atoms with Gasteiger partial charge < -0.3 is 20.1 Å². The van der Waals surface area contributed by atoms with E-state index in [0.717, 1.165) is 19.4 Å². The van der Waals surface area contributed by atoms with Crippen molar-refractivity contribution in [3.63, 3.8) is 0 Å². The van der Waals surface area contributed by atoms with E-state index in [-0.39, 0.29) is 11.9 Å². The predicted molar refractivity (Wildman–Crippen MR) is 70.5 cm³/mol. The largest absolute Gasteiger partial charge is 0.486 e. The smallest absolute Gasteiger partial charge is 0.258 e. The van der Waals surface area contributed by atoms with Crippen LogP contribution in [0.25, 0.3) is 0 Å². The highest BCUT2D eigenvalue weighted by atomic mass is 16.6. The third-order valence-electron chi connectivity index (χ3n) is 3.71. The Kier molecular flexibility index (Phi) is 3.29. The van der Waals surface area contributed by atoms with Crippen molar-refractivity contribution in [1.82, 2.24) is 4.90 Å². The van der Waals surface area contributed by atoms with Crippen LogP contribution in [0.4, 0.5) is 0 Å². The maximum absolute atomic E-state index is 12.6. The lowest BCUT2D eigenvalue weighted by atomic mass is 10.1. The first-order valence-corrected chi connectivity index (χ1v) is 6.71. The van der Waals surface area contributed by atoms with Crippen molar-refractivity contribution in [3.8, 4) is 11.5 Å². The molecule has 1 saturated heterocycles.